The molecule has 1 saturated heterocycles. The fraction of sp³-hybridized carbons (Fsp3) is 0.172. The molecule has 0 radical (unpaired) electrons. The minimum absolute atomic E-state index is 0.108. The monoisotopic (exact) mass is 515 g/mol. The van der Waals surface area contributed by atoms with Gasteiger partial charge in [0.1, 0.15) is 12.4 Å². The maximum absolute atomic E-state index is 12.9. The Balaban J connectivity index is 1.18. The van der Waals surface area contributed by atoms with E-state index >= 15 is 0 Å². The van der Waals surface area contributed by atoms with Gasteiger partial charge in [0.15, 0.2) is 5.76 Å². The minimum Gasteiger partial charge on any atom is -0.489 e. The van der Waals surface area contributed by atoms with Crippen molar-refractivity contribution in [1.82, 2.24) is 4.90 Å². The quantitative estimate of drug-likeness (QED) is 0.340. The molecule has 0 aliphatic carbocycles. The molecule has 1 aromatic heterocycles. The van der Waals surface area contributed by atoms with Gasteiger partial charge in [-0.2, -0.15) is 0 Å². The van der Waals surface area contributed by atoms with Gasteiger partial charge in [-0.25, -0.2) is 0 Å². The fourth-order valence-electron chi connectivity index (χ4n) is 4.22. The number of hydrogen-bond acceptors (Lipinski definition) is 5. The van der Waals surface area contributed by atoms with E-state index in [-0.39, 0.29) is 11.8 Å². The third-order valence-electron chi connectivity index (χ3n) is 6.19. The van der Waals surface area contributed by atoms with E-state index in [0.29, 0.717) is 60.6 Å². The van der Waals surface area contributed by atoms with Crippen molar-refractivity contribution in [1.29, 1.82) is 0 Å². The summed E-state index contributed by atoms with van der Waals surface area (Å²) >= 11 is 6.59. The van der Waals surface area contributed by atoms with E-state index < -0.39 is 0 Å². The van der Waals surface area contributed by atoms with Gasteiger partial charge < -0.3 is 24.3 Å². The maximum Gasteiger partial charge on any atom is 0.289 e. The number of carbonyl (C=O) groups excluding carboxylic acids is 2. The smallest absolute Gasteiger partial charge is 0.289 e. The zero-order valence-corrected chi connectivity index (χ0v) is 20.9. The molecule has 3 aromatic carbocycles. The van der Waals surface area contributed by atoms with Gasteiger partial charge in [-0.15, -0.1) is 0 Å². The highest BCUT2D eigenvalue weighted by Crippen LogP contribution is 2.30. The average molecular weight is 516 g/mol. The molecular formula is C29H26ClN3O4. The SMILES string of the molecule is O=C(Nc1ccc(N2CCN(C(=O)c3ccco3)CC2)c(Cl)c1)c1cccc(OCc2ccccc2)c1. The topological polar surface area (TPSA) is 75.0 Å². The largest absolute Gasteiger partial charge is 0.489 e. The highest BCUT2D eigenvalue weighted by atomic mass is 35.5. The molecule has 0 atom stereocenters. The van der Waals surface area contributed by atoms with Gasteiger partial charge in [0.05, 0.1) is 17.0 Å². The normalized spacial score (nSPS) is 13.3. The molecular weight excluding hydrogens is 490 g/mol. The number of hydrogen-bond donors (Lipinski definition) is 1. The van der Waals surface area contributed by atoms with Crippen LogP contribution in [-0.2, 0) is 6.61 Å². The zero-order chi connectivity index (χ0) is 25.6. The summed E-state index contributed by atoms with van der Waals surface area (Å²) in [5.74, 6) is 0.608. The van der Waals surface area contributed by atoms with Gasteiger partial charge in [0.25, 0.3) is 11.8 Å². The van der Waals surface area contributed by atoms with Gasteiger partial charge in [-0.1, -0.05) is 48.0 Å². The number of carbonyl (C=O) groups is 2. The molecule has 0 bridgehead atoms. The lowest BCUT2D eigenvalue weighted by Gasteiger charge is -2.36. The number of rotatable bonds is 7. The van der Waals surface area contributed by atoms with Crippen LogP contribution in [-0.4, -0.2) is 42.9 Å². The van der Waals surface area contributed by atoms with Crippen LogP contribution in [0.25, 0.3) is 0 Å². The van der Waals surface area contributed by atoms with Gasteiger partial charge in [0, 0.05) is 37.4 Å². The lowest BCUT2D eigenvalue weighted by atomic mass is 10.2. The van der Waals surface area contributed by atoms with E-state index in [0.717, 1.165) is 11.3 Å². The summed E-state index contributed by atoms with van der Waals surface area (Å²) in [6, 6.07) is 25.8. The van der Waals surface area contributed by atoms with Crippen molar-refractivity contribution in [3.63, 3.8) is 0 Å². The lowest BCUT2D eigenvalue weighted by molar-refractivity contribution is 0.0714. The van der Waals surface area contributed by atoms with Crippen molar-refractivity contribution < 1.29 is 18.7 Å². The molecule has 1 N–H and O–H groups in total. The average Bonchev–Trinajstić information content (AvgIpc) is 3.48. The van der Waals surface area contributed by atoms with Crippen molar-refractivity contribution in [2.24, 2.45) is 0 Å². The van der Waals surface area contributed by atoms with Gasteiger partial charge >= 0.3 is 0 Å². The van der Waals surface area contributed by atoms with Crippen LogP contribution >= 0.6 is 11.6 Å². The Bertz CT molecular complexity index is 1370. The molecule has 5 rings (SSSR count). The lowest BCUT2D eigenvalue weighted by Crippen LogP contribution is -2.48. The maximum atomic E-state index is 12.9. The number of anilines is 2. The van der Waals surface area contributed by atoms with Crippen molar-refractivity contribution in [2.75, 3.05) is 36.4 Å². The molecule has 4 aromatic rings. The Kier molecular flexibility index (Phi) is 7.42. The van der Waals surface area contributed by atoms with E-state index in [2.05, 4.69) is 10.2 Å². The van der Waals surface area contributed by atoms with Crippen LogP contribution in [0.2, 0.25) is 5.02 Å². The summed E-state index contributed by atoms with van der Waals surface area (Å²) in [5, 5.41) is 3.44. The molecule has 2 heterocycles. The highest BCUT2D eigenvalue weighted by molar-refractivity contribution is 6.33. The van der Waals surface area contributed by atoms with Gasteiger partial charge in [0.2, 0.25) is 0 Å². The predicted octanol–water partition coefficient (Wildman–Crippen LogP) is 5.73. The summed E-state index contributed by atoms with van der Waals surface area (Å²) in [5.41, 5.74) is 3.00. The fourth-order valence-corrected chi connectivity index (χ4v) is 4.52. The first kappa shape index (κ1) is 24.5. The van der Waals surface area contributed by atoms with Crippen LogP contribution in [0.4, 0.5) is 11.4 Å². The summed E-state index contributed by atoms with van der Waals surface area (Å²) in [6.45, 7) is 2.85. The second-order valence-corrected chi connectivity index (χ2v) is 9.09. The molecule has 1 fully saturated rings. The number of benzene rings is 3. The van der Waals surface area contributed by atoms with Crippen molar-refractivity contribution in [3.05, 3.63) is 113 Å². The first-order valence-corrected chi connectivity index (χ1v) is 12.4. The molecule has 37 heavy (non-hydrogen) atoms. The molecule has 0 unspecified atom stereocenters. The van der Waals surface area contributed by atoms with Crippen molar-refractivity contribution in [2.45, 2.75) is 6.61 Å². The number of nitrogens with one attached hydrogen (secondary N) is 1. The minimum atomic E-state index is -0.251. The number of ether oxygens (including phenoxy) is 1. The highest BCUT2D eigenvalue weighted by Gasteiger charge is 2.24. The van der Waals surface area contributed by atoms with Crippen LogP contribution in [0.1, 0.15) is 26.5 Å². The van der Waals surface area contributed by atoms with Crippen LogP contribution in [0, 0.1) is 0 Å². The predicted molar refractivity (Wildman–Crippen MR) is 143 cm³/mol. The molecule has 188 valence electrons. The molecule has 2 amide bonds. The number of nitrogens with zero attached hydrogens (tertiary/aromatic N) is 2. The van der Waals surface area contributed by atoms with Crippen molar-refractivity contribution in [3.8, 4) is 5.75 Å². The Morgan fingerprint density at radius 1 is 0.892 bits per heavy atom. The third-order valence-corrected chi connectivity index (χ3v) is 6.49. The van der Waals surface area contributed by atoms with E-state index in [4.69, 9.17) is 20.8 Å². The Morgan fingerprint density at radius 2 is 1.70 bits per heavy atom. The van der Waals surface area contributed by atoms with Gasteiger partial charge in [-0.05, 0) is 54.1 Å². The summed E-state index contributed by atoms with van der Waals surface area (Å²) in [7, 11) is 0. The molecule has 1 aliphatic heterocycles. The van der Waals surface area contributed by atoms with E-state index in [1.807, 2.05) is 48.5 Å². The Morgan fingerprint density at radius 3 is 2.43 bits per heavy atom. The Labute approximate surface area is 220 Å². The number of piperazine rings is 1. The first-order valence-electron chi connectivity index (χ1n) is 12.0. The van der Waals surface area contributed by atoms with Gasteiger partial charge in [-0.3, -0.25) is 9.59 Å². The second-order valence-electron chi connectivity index (χ2n) is 8.68. The summed E-state index contributed by atoms with van der Waals surface area (Å²) < 4.78 is 11.1. The first-order chi connectivity index (χ1) is 18.1. The molecule has 1 aliphatic rings. The number of halogens is 1. The number of furan rings is 1. The zero-order valence-electron chi connectivity index (χ0n) is 20.1. The second kappa shape index (κ2) is 11.2. The van der Waals surface area contributed by atoms with Crippen molar-refractivity contribution >= 4 is 34.8 Å². The number of amides is 2. The summed E-state index contributed by atoms with van der Waals surface area (Å²) in [4.78, 5) is 29.3. The van der Waals surface area contributed by atoms with Crippen LogP contribution in [0.3, 0.4) is 0 Å². The Hall–Kier alpha value is -4.23. The molecule has 7 nitrogen and oxygen atoms in total. The van der Waals surface area contributed by atoms with E-state index in [9.17, 15) is 9.59 Å². The molecule has 0 saturated carbocycles. The standard InChI is InChI=1S/C29H26ClN3O4/c30-25-19-23(11-12-26(25)32-13-15-33(16-14-32)29(35)27-10-5-17-36-27)31-28(34)22-8-4-9-24(18-22)37-20-21-6-2-1-3-7-21/h1-12,17-19H,13-16,20H2,(H,31,34). The van der Waals surface area contributed by atoms with Crippen LogP contribution < -0.4 is 15.0 Å². The van der Waals surface area contributed by atoms with Crippen LogP contribution in [0.15, 0.2) is 95.6 Å². The van der Waals surface area contributed by atoms with Crippen LogP contribution in [0.5, 0.6) is 5.75 Å². The molecule has 8 heteroatoms. The summed E-state index contributed by atoms with van der Waals surface area (Å²) in [6.07, 6.45) is 1.50. The third kappa shape index (κ3) is 5.95. The molecule has 0 spiro atoms. The van der Waals surface area contributed by atoms with E-state index in [1.165, 1.54) is 6.26 Å². The van der Waals surface area contributed by atoms with E-state index in [1.54, 1.807) is 41.3 Å².